The van der Waals surface area contributed by atoms with E-state index >= 15 is 0 Å². The van der Waals surface area contributed by atoms with E-state index in [2.05, 4.69) is 10.2 Å². The van der Waals surface area contributed by atoms with Gasteiger partial charge in [0.15, 0.2) is 0 Å². The van der Waals surface area contributed by atoms with Crippen LogP contribution in [0, 0.1) is 11.6 Å². The van der Waals surface area contributed by atoms with Crippen molar-refractivity contribution in [3.05, 3.63) is 131 Å². The summed E-state index contributed by atoms with van der Waals surface area (Å²) < 4.78 is 31.9. The number of hydrogen-bond acceptors (Lipinski definition) is 3. The minimum atomic E-state index is -0.250. The van der Waals surface area contributed by atoms with Crippen molar-refractivity contribution < 1.29 is 13.2 Å². The Hall–Kier alpha value is -4.64. The average molecular weight is 462 g/mol. The molecule has 0 saturated heterocycles. The van der Waals surface area contributed by atoms with Crippen molar-refractivity contribution in [2.75, 3.05) is 0 Å². The molecule has 0 saturated carbocycles. The number of nitrogens with zero attached hydrogens (tertiary/aromatic N) is 2. The molecule has 0 atom stereocenters. The second kappa shape index (κ2) is 10.1. The zero-order valence-corrected chi connectivity index (χ0v) is 18.6. The molecule has 0 bridgehead atoms. The van der Waals surface area contributed by atoms with Crippen molar-refractivity contribution in [2.45, 2.75) is 0 Å². The first kappa shape index (κ1) is 22.2. The minimum absolute atomic E-state index is 0.250. The van der Waals surface area contributed by atoms with Crippen LogP contribution in [0.4, 0.5) is 8.78 Å². The summed E-state index contributed by atoms with van der Waals surface area (Å²) in [6, 6.07) is 28.2. The Morgan fingerprint density at radius 2 is 0.714 bits per heavy atom. The van der Waals surface area contributed by atoms with E-state index in [9.17, 15) is 8.78 Å². The molecule has 0 radical (unpaired) electrons. The third kappa shape index (κ3) is 5.65. The van der Waals surface area contributed by atoms with Crippen LogP contribution in [0.5, 0.6) is 0 Å². The second-order valence-corrected chi connectivity index (χ2v) is 7.93. The summed E-state index contributed by atoms with van der Waals surface area (Å²) >= 11 is 0. The molecule has 1 heterocycles. The Labute approximate surface area is 201 Å². The molecule has 5 aromatic rings. The lowest BCUT2D eigenvalue weighted by molar-refractivity contribution is 0.584. The second-order valence-electron chi connectivity index (χ2n) is 7.93. The molecule has 4 aromatic carbocycles. The van der Waals surface area contributed by atoms with E-state index in [-0.39, 0.29) is 11.6 Å². The Morgan fingerprint density at radius 1 is 0.429 bits per heavy atom. The third-order valence-corrected chi connectivity index (χ3v) is 5.42. The molecular weight excluding hydrogens is 442 g/mol. The van der Waals surface area contributed by atoms with Crippen molar-refractivity contribution in [3.8, 4) is 22.9 Å². The highest BCUT2D eigenvalue weighted by Crippen LogP contribution is 2.25. The number of aromatic nitrogens is 2. The smallest absolute Gasteiger partial charge is 0.248 e. The van der Waals surface area contributed by atoms with Gasteiger partial charge in [-0.3, -0.25) is 0 Å². The lowest BCUT2D eigenvalue weighted by Crippen LogP contribution is -1.79. The van der Waals surface area contributed by atoms with Gasteiger partial charge in [0.05, 0.1) is 0 Å². The molecule has 0 amide bonds. The molecule has 170 valence electrons. The van der Waals surface area contributed by atoms with Gasteiger partial charge < -0.3 is 4.42 Å². The van der Waals surface area contributed by atoms with Gasteiger partial charge >= 0.3 is 0 Å². The third-order valence-electron chi connectivity index (χ3n) is 5.42. The van der Waals surface area contributed by atoms with E-state index in [1.807, 2.05) is 72.8 Å². The van der Waals surface area contributed by atoms with Crippen LogP contribution in [-0.2, 0) is 0 Å². The maximum atomic E-state index is 13.0. The monoisotopic (exact) mass is 462 g/mol. The molecule has 0 unspecified atom stereocenters. The molecular formula is C30H20F2N2O. The Morgan fingerprint density at radius 3 is 1.03 bits per heavy atom. The first-order valence-electron chi connectivity index (χ1n) is 11.0. The van der Waals surface area contributed by atoms with Crippen molar-refractivity contribution in [3.63, 3.8) is 0 Å². The summed E-state index contributed by atoms with van der Waals surface area (Å²) in [4.78, 5) is 0. The summed E-state index contributed by atoms with van der Waals surface area (Å²) in [6.45, 7) is 0. The highest BCUT2D eigenvalue weighted by atomic mass is 19.1. The first-order chi connectivity index (χ1) is 17.1. The maximum Gasteiger partial charge on any atom is 0.248 e. The molecule has 0 spiro atoms. The molecule has 0 fully saturated rings. The summed E-state index contributed by atoms with van der Waals surface area (Å²) in [7, 11) is 0. The van der Waals surface area contributed by atoms with Gasteiger partial charge in [-0.25, -0.2) is 8.78 Å². The van der Waals surface area contributed by atoms with Crippen LogP contribution in [0.25, 0.3) is 47.2 Å². The van der Waals surface area contributed by atoms with Gasteiger partial charge in [-0.1, -0.05) is 72.8 Å². The standard InChI is InChI=1S/C30H20F2N2O/c31-27-17-9-23(10-18-27)3-1-21-5-13-25(14-6-21)29-33-34-30(35-29)26-15-7-22(8-16-26)2-4-24-11-19-28(32)20-12-24/h1-20H. The fraction of sp³-hybridized carbons (Fsp3) is 0. The SMILES string of the molecule is Fc1ccc(C=Cc2ccc(-c3nnc(-c4ccc(C=Cc5ccc(F)cc5)cc4)o3)cc2)cc1. The fourth-order valence-electron chi connectivity index (χ4n) is 3.46. The van der Waals surface area contributed by atoms with Crippen molar-refractivity contribution in [1.82, 2.24) is 10.2 Å². The number of benzene rings is 4. The van der Waals surface area contributed by atoms with Crippen molar-refractivity contribution >= 4 is 24.3 Å². The Kier molecular flexibility index (Phi) is 6.39. The zero-order valence-electron chi connectivity index (χ0n) is 18.6. The van der Waals surface area contributed by atoms with Crippen molar-refractivity contribution in [1.29, 1.82) is 0 Å². The largest absolute Gasteiger partial charge is 0.416 e. The quantitative estimate of drug-likeness (QED) is 0.240. The van der Waals surface area contributed by atoms with Gasteiger partial charge in [0, 0.05) is 11.1 Å². The number of hydrogen-bond donors (Lipinski definition) is 0. The Bertz CT molecular complexity index is 1350. The summed E-state index contributed by atoms with van der Waals surface area (Å²) in [5.74, 6) is 0.379. The van der Waals surface area contributed by atoms with Crippen LogP contribution in [0.2, 0.25) is 0 Å². The van der Waals surface area contributed by atoms with Gasteiger partial charge in [0.25, 0.3) is 0 Å². The molecule has 5 rings (SSSR count). The van der Waals surface area contributed by atoms with E-state index in [1.165, 1.54) is 24.3 Å². The maximum absolute atomic E-state index is 13.0. The molecule has 3 nitrogen and oxygen atoms in total. The molecule has 0 aliphatic heterocycles. The van der Waals surface area contributed by atoms with Gasteiger partial charge in [-0.2, -0.15) is 0 Å². The molecule has 1 aromatic heterocycles. The molecule has 0 aliphatic carbocycles. The number of halogens is 2. The fourth-order valence-corrected chi connectivity index (χ4v) is 3.46. The van der Waals surface area contributed by atoms with E-state index in [4.69, 9.17) is 4.42 Å². The number of rotatable bonds is 6. The van der Waals surface area contributed by atoms with E-state index in [1.54, 1.807) is 24.3 Å². The van der Waals surface area contributed by atoms with Crippen LogP contribution >= 0.6 is 0 Å². The summed E-state index contributed by atoms with van der Waals surface area (Å²) in [5.41, 5.74) is 5.50. The predicted molar refractivity (Wildman–Crippen MR) is 136 cm³/mol. The van der Waals surface area contributed by atoms with Gasteiger partial charge in [0.2, 0.25) is 11.8 Å². The highest BCUT2D eigenvalue weighted by molar-refractivity contribution is 5.72. The van der Waals surface area contributed by atoms with E-state index < -0.39 is 0 Å². The minimum Gasteiger partial charge on any atom is -0.416 e. The van der Waals surface area contributed by atoms with Gasteiger partial charge in [0.1, 0.15) is 11.6 Å². The van der Waals surface area contributed by atoms with Crippen LogP contribution < -0.4 is 0 Å². The van der Waals surface area contributed by atoms with Gasteiger partial charge in [-0.05, 0) is 70.8 Å². The van der Waals surface area contributed by atoms with E-state index in [0.717, 1.165) is 33.4 Å². The molecule has 0 aliphatic rings. The van der Waals surface area contributed by atoms with Crippen LogP contribution in [0.1, 0.15) is 22.3 Å². The topological polar surface area (TPSA) is 38.9 Å². The Balaban J connectivity index is 1.25. The van der Waals surface area contributed by atoms with Crippen LogP contribution in [0.3, 0.4) is 0 Å². The predicted octanol–water partition coefficient (Wildman–Crippen LogP) is 8.02. The average Bonchev–Trinajstić information content (AvgIpc) is 3.39. The summed E-state index contributed by atoms with van der Waals surface area (Å²) in [6.07, 6.45) is 7.78. The van der Waals surface area contributed by atoms with Crippen LogP contribution in [-0.4, -0.2) is 10.2 Å². The van der Waals surface area contributed by atoms with Crippen molar-refractivity contribution in [2.24, 2.45) is 0 Å². The molecule has 5 heteroatoms. The summed E-state index contributed by atoms with van der Waals surface area (Å²) in [5, 5.41) is 8.37. The van der Waals surface area contributed by atoms with Gasteiger partial charge in [-0.15, -0.1) is 10.2 Å². The first-order valence-corrected chi connectivity index (χ1v) is 11.0. The zero-order chi connectivity index (χ0) is 24.0. The highest BCUT2D eigenvalue weighted by Gasteiger charge is 2.10. The van der Waals surface area contributed by atoms with Crippen LogP contribution in [0.15, 0.2) is 101 Å². The van der Waals surface area contributed by atoms with E-state index in [0.29, 0.717) is 11.8 Å². The lowest BCUT2D eigenvalue weighted by Gasteiger charge is -1.99. The molecule has 35 heavy (non-hydrogen) atoms. The lowest BCUT2D eigenvalue weighted by atomic mass is 10.1. The molecule has 0 N–H and O–H groups in total. The normalized spacial score (nSPS) is 11.5.